The molecule has 0 aliphatic rings. The molecule has 0 saturated heterocycles. The molecule has 114 valence electrons. The third-order valence-corrected chi connectivity index (χ3v) is 4.64. The summed E-state index contributed by atoms with van der Waals surface area (Å²) in [6, 6.07) is 16.6. The van der Waals surface area contributed by atoms with Crippen molar-refractivity contribution in [3.8, 4) is 0 Å². The van der Waals surface area contributed by atoms with Crippen LogP contribution in [0.5, 0.6) is 0 Å². The molecular weight excluding hydrogens is 284 g/mol. The van der Waals surface area contributed by atoms with Crippen molar-refractivity contribution in [1.29, 1.82) is 0 Å². The Morgan fingerprint density at radius 2 is 1.43 bits per heavy atom. The predicted octanol–water partition coefficient (Wildman–Crippen LogP) is 5.22. The molecule has 1 heterocycles. The number of fused-ring (bicyclic) bond motifs is 5. The van der Waals surface area contributed by atoms with Crippen molar-refractivity contribution < 1.29 is 4.42 Å². The highest BCUT2D eigenvalue weighted by molar-refractivity contribution is 6.15. The first kappa shape index (κ1) is 14.0. The van der Waals surface area contributed by atoms with Crippen LogP contribution in [0.1, 0.15) is 25.0 Å². The molecule has 0 saturated carbocycles. The summed E-state index contributed by atoms with van der Waals surface area (Å²) < 4.78 is 5.63. The Hall–Kier alpha value is -2.61. The SMILES string of the molecule is CCc1ccc2c(ccc3c4ccc(CC)cc4oc(=O)c23)c1. The van der Waals surface area contributed by atoms with Crippen LogP contribution in [0.25, 0.3) is 32.5 Å². The Bertz CT molecular complexity index is 1100. The van der Waals surface area contributed by atoms with Crippen molar-refractivity contribution in [2.45, 2.75) is 26.7 Å². The molecule has 4 aromatic rings. The zero-order valence-electron chi connectivity index (χ0n) is 13.3. The lowest BCUT2D eigenvalue weighted by Gasteiger charge is -2.08. The van der Waals surface area contributed by atoms with Crippen LogP contribution >= 0.6 is 0 Å². The van der Waals surface area contributed by atoms with E-state index in [-0.39, 0.29) is 5.63 Å². The van der Waals surface area contributed by atoms with Crippen LogP contribution in [0.4, 0.5) is 0 Å². The van der Waals surface area contributed by atoms with E-state index in [0.717, 1.165) is 34.4 Å². The van der Waals surface area contributed by atoms with Crippen molar-refractivity contribution in [1.82, 2.24) is 0 Å². The molecule has 0 spiro atoms. The Morgan fingerprint density at radius 3 is 2.17 bits per heavy atom. The molecule has 1 aromatic heterocycles. The largest absolute Gasteiger partial charge is 0.422 e. The summed E-state index contributed by atoms with van der Waals surface area (Å²) in [6.07, 6.45) is 1.91. The van der Waals surface area contributed by atoms with Crippen LogP contribution in [0.3, 0.4) is 0 Å². The molecule has 2 heteroatoms. The number of rotatable bonds is 2. The van der Waals surface area contributed by atoms with Crippen LogP contribution in [0.2, 0.25) is 0 Å². The Balaban J connectivity index is 2.17. The molecule has 0 fully saturated rings. The van der Waals surface area contributed by atoms with Gasteiger partial charge in [-0.2, -0.15) is 0 Å². The zero-order valence-corrected chi connectivity index (χ0v) is 13.3. The van der Waals surface area contributed by atoms with E-state index in [9.17, 15) is 4.79 Å². The van der Waals surface area contributed by atoms with Crippen LogP contribution in [-0.2, 0) is 12.8 Å². The van der Waals surface area contributed by atoms with E-state index in [4.69, 9.17) is 4.42 Å². The highest BCUT2D eigenvalue weighted by Crippen LogP contribution is 2.29. The maximum absolute atomic E-state index is 12.6. The predicted molar refractivity (Wildman–Crippen MR) is 96.3 cm³/mol. The summed E-state index contributed by atoms with van der Waals surface area (Å²) in [5, 5.41) is 4.71. The minimum atomic E-state index is -0.254. The van der Waals surface area contributed by atoms with Crippen molar-refractivity contribution >= 4 is 32.5 Å². The molecule has 0 unspecified atom stereocenters. The Morgan fingerprint density at radius 1 is 0.783 bits per heavy atom. The van der Waals surface area contributed by atoms with Gasteiger partial charge in [0, 0.05) is 10.8 Å². The van der Waals surface area contributed by atoms with Crippen molar-refractivity contribution in [3.05, 3.63) is 70.1 Å². The van der Waals surface area contributed by atoms with Gasteiger partial charge in [0.15, 0.2) is 0 Å². The highest BCUT2D eigenvalue weighted by atomic mass is 16.4. The van der Waals surface area contributed by atoms with E-state index in [1.54, 1.807) is 0 Å². The molecule has 0 atom stereocenters. The second-order valence-corrected chi connectivity index (χ2v) is 5.97. The smallest absolute Gasteiger partial charge is 0.344 e. The lowest BCUT2D eigenvalue weighted by atomic mass is 9.98. The van der Waals surface area contributed by atoms with Gasteiger partial charge in [0.25, 0.3) is 0 Å². The first-order chi connectivity index (χ1) is 11.2. The Labute approximate surface area is 134 Å². The monoisotopic (exact) mass is 302 g/mol. The minimum absolute atomic E-state index is 0.254. The van der Waals surface area contributed by atoms with Gasteiger partial charge in [0.1, 0.15) is 5.58 Å². The second kappa shape index (κ2) is 5.24. The van der Waals surface area contributed by atoms with Gasteiger partial charge < -0.3 is 4.42 Å². The van der Waals surface area contributed by atoms with Crippen LogP contribution in [-0.4, -0.2) is 0 Å². The topological polar surface area (TPSA) is 30.2 Å². The van der Waals surface area contributed by atoms with Gasteiger partial charge >= 0.3 is 5.63 Å². The minimum Gasteiger partial charge on any atom is -0.422 e. The maximum Gasteiger partial charge on any atom is 0.344 e. The fourth-order valence-electron chi connectivity index (χ4n) is 3.29. The number of hydrogen-bond acceptors (Lipinski definition) is 2. The molecule has 0 bridgehead atoms. The molecule has 0 radical (unpaired) electrons. The third kappa shape index (κ3) is 2.14. The molecule has 0 amide bonds. The van der Waals surface area contributed by atoms with Crippen LogP contribution in [0.15, 0.2) is 57.7 Å². The fraction of sp³-hybridized carbons (Fsp3) is 0.190. The van der Waals surface area contributed by atoms with E-state index in [1.807, 2.05) is 18.2 Å². The number of hydrogen-bond donors (Lipinski definition) is 0. The highest BCUT2D eigenvalue weighted by Gasteiger charge is 2.11. The van der Waals surface area contributed by atoms with E-state index in [1.165, 1.54) is 11.1 Å². The molecule has 0 aliphatic heterocycles. The lowest BCUT2D eigenvalue weighted by molar-refractivity contribution is 0.569. The third-order valence-electron chi connectivity index (χ3n) is 4.64. The molecule has 23 heavy (non-hydrogen) atoms. The average Bonchev–Trinajstić information content (AvgIpc) is 2.60. The van der Waals surface area contributed by atoms with Gasteiger partial charge in [-0.05, 0) is 40.8 Å². The average molecular weight is 302 g/mol. The quantitative estimate of drug-likeness (QED) is 0.375. The van der Waals surface area contributed by atoms with Crippen molar-refractivity contribution in [2.75, 3.05) is 0 Å². The first-order valence-electron chi connectivity index (χ1n) is 8.12. The van der Waals surface area contributed by atoms with Gasteiger partial charge in [-0.25, -0.2) is 4.79 Å². The lowest BCUT2D eigenvalue weighted by Crippen LogP contribution is -2.01. The maximum atomic E-state index is 12.6. The number of benzene rings is 3. The molecule has 3 aromatic carbocycles. The van der Waals surface area contributed by atoms with E-state index >= 15 is 0 Å². The molecule has 2 nitrogen and oxygen atoms in total. The van der Waals surface area contributed by atoms with E-state index in [0.29, 0.717) is 11.0 Å². The summed E-state index contributed by atoms with van der Waals surface area (Å²) in [5.41, 5.74) is 2.87. The molecule has 0 N–H and O–H groups in total. The van der Waals surface area contributed by atoms with Gasteiger partial charge in [-0.3, -0.25) is 0 Å². The second-order valence-electron chi connectivity index (χ2n) is 5.97. The van der Waals surface area contributed by atoms with Crippen molar-refractivity contribution in [3.63, 3.8) is 0 Å². The normalized spacial score (nSPS) is 11.6. The molecular formula is C21H18O2. The molecule has 0 aliphatic carbocycles. The summed E-state index contributed by atoms with van der Waals surface area (Å²) in [7, 11) is 0. The zero-order chi connectivity index (χ0) is 16.0. The number of aryl methyl sites for hydroxylation is 2. The van der Waals surface area contributed by atoms with Crippen LogP contribution < -0.4 is 5.63 Å². The van der Waals surface area contributed by atoms with Crippen molar-refractivity contribution in [2.24, 2.45) is 0 Å². The standard InChI is InChI=1S/C21H18O2/c1-3-13-5-8-16-15(11-13)7-10-18-17-9-6-14(4-2)12-19(17)23-21(22)20(16)18/h5-12H,3-4H2,1-2H3. The molecule has 4 rings (SSSR count). The van der Waals surface area contributed by atoms with Gasteiger partial charge in [0.05, 0.1) is 5.39 Å². The summed E-state index contributed by atoms with van der Waals surface area (Å²) in [6.45, 7) is 4.23. The van der Waals surface area contributed by atoms with Crippen LogP contribution in [0, 0.1) is 0 Å². The first-order valence-corrected chi connectivity index (χ1v) is 8.12. The van der Waals surface area contributed by atoms with Gasteiger partial charge in [-0.1, -0.05) is 56.3 Å². The summed E-state index contributed by atoms with van der Waals surface area (Å²) in [4.78, 5) is 12.6. The van der Waals surface area contributed by atoms with Gasteiger partial charge in [-0.15, -0.1) is 0 Å². The fourth-order valence-corrected chi connectivity index (χ4v) is 3.29. The summed E-state index contributed by atoms with van der Waals surface area (Å²) in [5.74, 6) is 0. The van der Waals surface area contributed by atoms with E-state index in [2.05, 4.69) is 44.2 Å². The van der Waals surface area contributed by atoms with E-state index < -0.39 is 0 Å². The summed E-state index contributed by atoms with van der Waals surface area (Å²) >= 11 is 0. The Kier molecular flexibility index (Phi) is 3.19. The van der Waals surface area contributed by atoms with Gasteiger partial charge in [0.2, 0.25) is 0 Å².